The van der Waals surface area contributed by atoms with E-state index in [1.165, 1.54) is 11.2 Å². The first-order valence-corrected chi connectivity index (χ1v) is 10.7. The van der Waals surface area contributed by atoms with Gasteiger partial charge in [-0.15, -0.1) is 0 Å². The van der Waals surface area contributed by atoms with Gasteiger partial charge in [0.2, 0.25) is 11.8 Å². The molecule has 0 unspecified atom stereocenters. The van der Waals surface area contributed by atoms with Gasteiger partial charge in [0.25, 0.3) is 10.0 Å². The zero-order chi connectivity index (χ0) is 20.0. The number of primary amides is 1. The number of hydrogen-bond acceptors (Lipinski definition) is 7. The zero-order valence-corrected chi connectivity index (χ0v) is 17.0. The lowest BCUT2D eigenvalue weighted by Gasteiger charge is -2.38. The maximum atomic E-state index is 13.0. The molecule has 2 aliphatic rings. The lowest BCUT2D eigenvalue weighted by molar-refractivity contribution is -0.115. The SMILES string of the molecule is CC(=O)Nc1nc(C)c(S(=O)(=O)N2CCC3(CC2)CC(C(N)=O)=C(C)O3)s1. The second-order valence-corrected chi connectivity index (χ2v) is 9.97. The molecule has 0 atom stereocenters. The van der Waals surface area contributed by atoms with Gasteiger partial charge in [0.1, 0.15) is 11.4 Å². The van der Waals surface area contributed by atoms with Crippen molar-refractivity contribution >= 4 is 38.3 Å². The molecule has 3 rings (SSSR count). The molecule has 0 radical (unpaired) electrons. The van der Waals surface area contributed by atoms with Gasteiger partial charge in [0.15, 0.2) is 9.34 Å². The normalized spacial score (nSPS) is 20.0. The third-order valence-electron chi connectivity index (χ3n) is 4.84. The fourth-order valence-electron chi connectivity index (χ4n) is 3.49. The molecule has 0 aliphatic carbocycles. The van der Waals surface area contributed by atoms with Gasteiger partial charge in [-0.25, -0.2) is 13.4 Å². The fraction of sp³-hybridized carbons (Fsp3) is 0.562. The summed E-state index contributed by atoms with van der Waals surface area (Å²) >= 11 is 0.944. The number of anilines is 1. The van der Waals surface area contributed by atoms with Crippen LogP contribution < -0.4 is 11.1 Å². The number of hydrogen-bond donors (Lipinski definition) is 2. The number of amides is 2. The van der Waals surface area contributed by atoms with E-state index in [-0.39, 0.29) is 28.3 Å². The van der Waals surface area contributed by atoms with Crippen molar-refractivity contribution in [3.05, 3.63) is 17.0 Å². The highest BCUT2D eigenvalue weighted by atomic mass is 32.2. The molecule has 0 aromatic carbocycles. The number of carbonyl (C=O) groups excluding carboxylic acids is 2. The number of carbonyl (C=O) groups is 2. The number of sulfonamides is 1. The third-order valence-corrected chi connectivity index (χ3v) is 8.39. The monoisotopic (exact) mass is 414 g/mol. The molecule has 0 saturated carbocycles. The largest absolute Gasteiger partial charge is 0.491 e. The van der Waals surface area contributed by atoms with Gasteiger partial charge in [-0.3, -0.25) is 9.59 Å². The van der Waals surface area contributed by atoms with Crippen molar-refractivity contribution in [1.82, 2.24) is 9.29 Å². The highest BCUT2D eigenvalue weighted by Crippen LogP contribution is 2.42. The van der Waals surface area contributed by atoms with Crippen LogP contribution in [0.5, 0.6) is 0 Å². The minimum atomic E-state index is -3.72. The number of aromatic nitrogens is 1. The highest BCUT2D eigenvalue weighted by molar-refractivity contribution is 7.91. The molecule has 1 spiro atoms. The van der Waals surface area contributed by atoms with Gasteiger partial charge in [0.05, 0.1) is 11.3 Å². The predicted molar refractivity (Wildman–Crippen MR) is 99.5 cm³/mol. The van der Waals surface area contributed by atoms with Crippen LogP contribution in [0.2, 0.25) is 0 Å². The summed E-state index contributed by atoms with van der Waals surface area (Å²) in [6, 6.07) is 0. The van der Waals surface area contributed by atoms with E-state index in [2.05, 4.69) is 10.3 Å². The molecule has 3 heterocycles. The molecule has 1 aromatic rings. The summed E-state index contributed by atoms with van der Waals surface area (Å²) in [6.45, 7) is 5.20. The van der Waals surface area contributed by atoms with Crippen molar-refractivity contribution in [3.8, 4) is 0 Å². The van der Waals surface area contributed by atoms with Gasteiger partial charge in [0, 0.05) is 39.3 Å². The number of nitrogens with two attached hydrogens (primary N) is 1. The molecule has 0 bridgehead atoms. The van der Waals surface area contributed by atoms with E-state index in [9.17, 15) is 18.0 Å². The third kappa shape index (κ3) is 3.71. The number of ether oxygens (including phenoxy) is 1. The summed E-state index contributed by atoms with van der Waals surface area (Å²) in [6.07, 6.45) is 1.35. The first-order valence-electron chi connectivity index (χ1n) is 8.48. The molecular formula is C16H22N4O5S2. The Labute approximate surface area is 161 Å². The van der Waals surface area contributed by atoms with E-state index in [0.717, 1.165) is 11.3 Å². The molecule has 9 nitrogen and oxygen atoms in total. The van der Waals surface area contributed by atoms with Crippen molar-refractivity contribution in [2.75, 3.05) is 18.4 Å². The van der Waals surface area contributed by atoms with Crippen LogP contribution in [0.4, 0.5) is 5.13 Å². The maximum absolute atomic E-state index is 13.0. The van der Waals surface area contributed by atoms with Crippen LogP contribution >= 0.6 is 11.3 Å². The first kappa shape index (κ1) is 19.8. The Morgan fingerprint density at radius 1 is 1.30 bits per heavy atom. The highest BCUT2D eigenvalue weighted by Gasteiger charge is 2.46. The van der Waals surface area contributed by atoms with E-state index in [0.29, 0.717) is 36.3 Å². The number of rotatable bonds is 4. The van der Waals surface area contributed by atoms with Gasteiger partial charge in [-0.2, -0.15) is 4.31 Å². The molecule has 27 heavy (non-hydrogen) atoms. The Morgan fingerprint density at radius 2 is 1.93 bits per heavy atom. The number of allylic oxidation sites excluding steroid dienone is 1. The molecule has 2 amide bonds. The van der Waals surface area contributed by atoms with Crippen molar-refractivity contribution in [2.45, 2.75) is 49.8 Å². The summed E-state index contributed by atoms with van der Waals surface area (Å²) < 4.78 is 33.4. The van der Waals surface area contributed by atoms with Crippen molar-refractivity contribution in [2.24, 2.45) is 5.73 Å². The van der Waals surface area contributed by atoms with Crippen LogP contribution in [-0.4, -0.2) is 48.2 Å². The van der Waals surface area contributed by atoms with Crippen molar-refractivity contribution in [3.63, 3.8) is 0 Å². The minimum absolute atomic E-state index is 0.127. The van der Waals surface area contributed by atoms with Gasteiger partial charge in [-0.1, -0.05) is 11.3 Å². The first-order chi connectivity index (χ1) is 12.5. The lowest BCUT2D eigenvalue weighted by Crippen LogP contribution is -2.46. The summed E-state index contributed by atoms with van der Waals surface area (Å²) in [7, 11) is -3.72. The summed E-state index contributed by atoms with van der Waals surface area (Å²) in [4.78, 5) is 26.8. The van der Waals surface area contributed by atoms with Gasteiger partial charge < -0.3 is 15.8 Å². The van der Waals surface area contributed by atoms with E-state index in [4.69, 9.17) is 10.5 Å². The quantitative estimate of drug-likeness (QED) is 0.759. The van der Waals surface area contributed by atoms with E-state index < -0.39 is 21.5 Å². The number of nitrogens with one attached hydrogen (secondary N) is 1. The van der Waals surface area contributed by atoms with Crippen LogP contribution in [0.25, 0.3) is 0 Å². The second kappa shape index (κ2) is 6.88. The molecule has 1 aromatic heterocycles. The average Bonchev–Trinajstić information content (AvgIpc) is 3.08. The van der Waals surface area contributed by atoms with Crippen LogP contribution in [0.15, 0.2) is 15.5 Å². The Hall–Kier alpha value is -1.98. The van der Waals surface area contributed by atoms with Crippen molar-refractivity contribution in [1.29, 1.82) is 0 Å². The van der Waals surface area contributed by atoms with Crippen molar-refractivity contribution < 1.29 is 22.7 Å². The average molecular weight is 415 g/mol. The Kier molecular flexibility index (Phi) is 5.04. The fourth-order valence-corrected chi connectivity index (χ4v) is 6.52. The standard InChI is InChI=1S/C16H22N4O5S2/c1-9-14(26-15(18-9)19-11(3)21)27(23,24)20-6-4-16(5-7-20)8-12(13(17)22)10(2)25-16/h4-8H2,1-3H3,(H2,17,22)(H,18,19,21). The second-order valence-electron chi connectivity index (χ2n) is 6.84. The summed E-state index contributed by atoms with van der Waals surface area (Å²) in [5, 5.41) is 2.78. The topological polar surface area (TPSA) is 132 Å². The zero-order valence-electron chi connectivity index (χ0n) is 15.4. The number of thiazole rings is 1. The van der Waals surface area contributed by atoms with E-state index >= 15 is 0 Å². The molecule has 1 saturated heterocycles. The van der Waals surface area contributed by atoms with Crippen LogP contribution in [0.3, 0.4) is 0 Å². The smallest absolute Gasteiger partial charge is 0.254 e. The van der Waals surface area contributed by atoms with Crippen LogP contribution in [0, 0.1) is 6.92 Å². The lowest BCUT2D eigenvalue weighted by atomic mass is 9.87. The number of aryl methyl sites for hydroxylation is 1. The minimum Gasteiger partial charge on any atom is -0.491 e. The Balaban J connectivity index is 1.74. The Morgan fingerprint density at radius 3 is 2.44 bits per heavy atom. The van der Waals surface area contributed by atoms with Crippen LogP contribution in [0.1, 0.15) is 38.8 Å². The van der Waals surface area contributed by atoms with Gasteiger partial charge >= 0.3 is 0 Å². The molecule has 11 heteroatoms. The molecule has 1 fully saturated rings. The predicted octanol–water partition coefficient (Wildman–Crippen LogP) is 1.11. The molecule has 3 N–H and O–H groups in total. The molecular weight excluding hydrogens is 392 g/mol. The summed E-state index contributed by atoms with van der Waals surface area (Å²) in [5.41, 5.74) is 5.65. The molecule has 148 valence electrons. The number of piperidine rings is 1. The molecule has 2 aliphatic heterocycles. The summed E-state index contributed by atoms with van der Waals surface area (Å²) in [5.74, 6) is -0.276. The Bertz CT molecular complexity index is 927. The maximum Gasteiger partial charge on any atom is 0.254 e. The van der Waals surface area contributed by atoms with Crippen LogP contribution in [-0.2, 0) is 24.3 Å². The van der Waals surface area contributed by atoms with E-state index in [1.807, 2.05) is 0 Å². The van der Waals surface area contributed by atoms with E-state index in [1.54, 1.807) is 13.8 Å². The number of nitrogens with zero attached hydrogens (tertiary/aromatic N) is 2. The van der Waals surface area contributed by atoms with Gasteiger partial charge in [-0.05, 0) is 13.8 Å².